The first-order chi connectivity index (χ1) is 12.7. The second-order valence-corrected chi connectivity index (χ2v) is 7.78. The molecule has 3 aromatic rings. The van der Waals surface area contributed by atoms with Crippen molar-refractivity contribution in [3.8, 4) is 0 Å². The smallest absolute Gasteiger partial charge is 0.257 e. The number of aryl methyl sites for hydroxylation is 1. The minimum atomic E-state index is 0.0861. The van der Waals surface area contributed by atoms with Gasteiger partial charge in [0.2, 0.25) is 0 Å². The van der Waals surface area contributed by atoms with Crippen LogP contribution in [-0.2, 0) is 25.1 Å². The number of halogens is 1. The molecule has 0 bridgehead atoms. The van der Waals surface area contributed by atoms with Gasteiger partial charge in [0.25, 0.3) is 5.56 Å². The average molecular weight is 383 g/mol. The van der Waals surface area contributed by atoms with Crippen LogP contribution < -0.4 is 5.56 Å². The first kappa shape index (κ1) is 17.4. The summed E-state index contributed by atoms with van der Waals surface area (Å²) in [6, 6.07) is 17.9. The maximum absolute atomic E-state index is 13.1. The predicted octanol–water partition coefficient (Wildman–Crippen LogP) is 4.73. The van der Waals surface area contributed by atoms with Crippen LogP contribution in [0, 0.1) is 0 Å². The van der Waals surface area contributed by atoms with Crippen molar-refractivity contribution in [3.63, 3.8) is 0 Å². The normalized spacial score (nSPS) is 13.0. The molecule has 2 aromatic carbocycles. The van der Waals surface area contributed by atoms with E-state index >= 15 is 0 Å². The number of rotatable bonds is 5. The SMILES string of the molecule is O=c1c2c(nc(SCc3ccccc3)n1Cc1ccccc1Cl)CCC2. The average Bonchev–Trinajstić information content (AvgIpc) is 3.14. The monoisotopic (exact) mass is 382 g/mol. The number of thioether (sulfide) groups is 1. The molecule has 132 valence electrons. The van der Waals surface area contributed by atoms with E-state index in [2.05, 4.69) is 12.1 Å². The summed E-state index contributed by atoms with van der Waals surface area (Å²) < 4.78 is 1.79. The van der Waals surface area contributed by atoms with E-state index < -0.39 is 0 Å². The first-order valence-electron chi connectivity index (χ1n) is 8.75. The molecular formula is C21H19ClN2OS. The Bertz CT molecular complexity index is 985. The summed E-state index contributed by atoms with van der Waals surface area (Å²) in [5.41, 5.74) is 4.10. The van der Waals surface area contributed by atoms with Gasteiger partial charge in [-0.3, -0.25) is 9.36 Å². The minimum absolute atomic E-state index is 0.0861. The lowest BCUT2D eigenvalue weighted by molar-refractivity contribution is 0.631. The molecule has 0 fully saturated rings. The molecule has 26 heavy (non-hydrogen) atoms. The molecule has 3 nitrogen and oxygen atoms in total. The molecule has 0 radical (unpaired) electrons. The first-order valence-corrected chi connectivity index (χ1v) is 10.1. The molecule has 0 aliphatic heterocycles. The minimum Gasteiger partial charge on any atom is -0.283 e. The Kier molecular flexibility index (Phi) is 5.14. The van der Waals surface area contributed by atoms with E-state index in [1.165, 1.54) is 5.56 Å². The molecule has 0 unspecified atom stereocenters. The molecule has 1 aromatic heterocycles. The molecule has 1 aliphatic rings. The van der Waals surface area contributed by atoms with Crippen molar-refractivity contribution in [2.24, 2.45) is 0 Å². The molecule has 0 atom stereocenters. The van der Waals surface area contributed by atoms with Crippen LogP contribution in [0.1, 0.15) is 28.8 Å². The van der Waals surface area contributed by atoms with Gasteiger partial charge < -0.3 is 0 Å². The van der Waals surface area contributed by atoms with Gasteiger partial charge in [-0.05, 0) is 36.5 Å². The van der Waals surface area contributed by atoms with Crippen LogP contribution in [0.5, 0.6) is 0 Å². The van der Waals surface area contributed by atoms with Gasteiger partial charge in [0.05, 0.1) is 12.2 Å². The second-order valence-electron chi connectivity index (χ2n) is 6.43. The Hall–Kier alpha value is -2.04. The van der Waals surface area contributed by atoms with Crippen LogP contribution in [0.2, 0.25) is 5.02 Å². The zero-order valence-electron chi connectivity index (χ0n) is 14.3. The van der Waals surface area contributed by atoms with Gasteiger partial charge in [-0.25, -0.2) is 4.98 Å². The van der Waals surface area contributed by atoms with Crippen molar-refractivity contribution in [1.29, 1.82) is 0 Å². The highest BCUT2D eigenvalue weighted by molar-refractivity contribution is 7.98. The summed E-state index contributed by atoms with van der Waals surface area (Å²) in [5, 5.41) is 1.46. The number of hydrogen-bond donors (Lipinski definition) is 0. The summed E-state index contributed by atoms with van der Waals surface area (Å²) in [7, 11) is 0. The molecule has 5 heteroatoms. The van der Waals surface area contributed by atoms with E-state index in [1.54, 1.807) is 16.3 Å². The standard InChI is InChI=1S/C21H19ClN2OS/c22-18-11-5-4-9-16(18)13-24-20(25)17-10-6-12-19(17)23-21(24)26-14-15-7-2-1-3-8-15/h1-5,7-9,11H,6,10,12-14H2. The third-order valence-electron chi connectivity index (χ3n) is 4.65. The van der Waals surface area contributed by atoms with Crippen LogP contribution in [0.25, 0.3) is 0 Å². The molecule has 0 saturated heterocycles. The van der Waals surface area contributed by atoms with Crippen molar-refractivity contribution >= 4 is 23.4 Å². The van der Waals surface area contributed by atoms with E-state index in [1.807, 2.05) is 42.5 Å². The van der Waals surface area contributed by atoms with Gasteiger partial charge in [-0.2, -0.15) is 0 Å². The van der Waals surface area contributed by atoms with Gasteiger partial charge in [0.15, 0.2) is 5.16 Å². The Morgan fingerprint density at radius 1 is 1.04 bits per heavy atom. The largest absolute Gasteiger partial charge is 0.283 e. The summed E-state index contributed by atoms with van der Waals surface area (Å²) in [6.07, 6.45) is 2.74. The maximum Gasteiger partial charge on any atom is 0.257 e. The Morgan fingerprint density at radius 3 is 2.62 bits per heavy atom. The van der Waals surface area contributed by atoms with E-state index in [-0.39, 0.29) is 5.56 Å². The fourth-order valence-corrected chi connectivity index (χ4v) is 4.44. The number of aromatic nitrogens is 2. The maximum atomic E-state index is 13.1. The van der Waals surface area contributed by atoms with Crippen LogP contribution >= 0.6 is 23.4 Å². The van der Waals surface area contributed by atoms with Crippen molar-refractivity contribution in [2.45, 2.75) is 36.7 Å². The molecule has 4 rings (SSSR count). The van der Waals surface area contributed by atoms with Gasteiger partial charge in [-0.1, -0.05) is 71.9 Å². The molecule has 0 saturated carbocycles. The highest BCUT2D eigenvalue weighted by Gasteiger charge is 2.21. The fourth-order valence-electron chi connectivity index (χ4n) is 3.28. The summed E-state index contributed by atoms with van der Waals surface area (Å²) >= 11 is 7.94. The Morgan fingerprint density at radius 2 is 1.81 bits per heavy atom. The molecule has 1 aliphatic carbocycles. The van der Waals surface area contributed by atoms with E-state index in [0.717, 1.165) is 47.0 Å². The van der Waals surface area contributed by atoms with E-state index in [9.17, 15) is 4.79 Å². The van der Waals surface area contributed by atoms with E-state index in [0.29, 0.717) is 11.6 Å². The topological polar surface area (TPSA) is 34.9 Å². The number of fused-ring (bicyclic) bond motifs is 1. The van der Waals surface area contributed by atoms with Gasteiger partial charge in [0.1, 0.15) is 0 Å². The highest BCUT2D eigenvalue weighted by Crippen LogP contribution is 2.26. The Balaban J connectivity index is 1.71. The molecule has 0 spiro atoms. The van der Waals surface area contributed by atoms with E-state index in [4.69, 9.17) is 16.6 Å². The third kappa shape index (κ3) is 3.57. The molecule has 1 heterocycles. The van der Waals surface area contributed by atoms with Gasteiger partial charge >= 0.3 is 0 Å². The summed E-state index contributed by atoms with van der Waals surface area (Å²) in [6.45, 7) is 0.454. The van der Waals surface area contributed by atoms with Crippen LogP contribution in [0.15, 0.2) is 64.5 Å². The Labute approximate surface area is 162 Å². The number of benzene rings is 2. The van der Waals surface area contributed by atoms with Crippen molar-refractivity contribution in [1.82, 2.24) is 9.55 Å². The highest BCUT2D eigenvalue weighted by atomic mass is 35.5. The quantitative estimate of drug-likeness (QED) is 0.472. The fraction of sp³-hybridized carbons (Fsp3) is 0.238. The van der Waals surface area contributed by atoms with Gasteiger partial charge in [0, 0.05) is 16.3 Å². The summed E-state index contributed by atoms with van der Waals surface area (Å²) in [4.78, 5) is 17.9. The lowest BCUT2D eigenvalue weighted by atomic mass is 10.2. The van der Waals surface area contributed by atoms with Crippen LogP contribution in [0.3, 0.4) is 0 Å². The zero-order valence-corrected chi connectivity index (χ0v) is 15.9. The van der Waals surface area contributed by atoms with Gasteiger partial charge in [-0.15, -0.1) is 0 Å². The third-order valence-corrected chi connectivity index (χ3v) is 6.07. The van der Waals surface area contributed by atoms with Crippen LogP contribution in [0.4, 0.5) is 0 Å². The van der Waals surface area contributed by atoms with Crippen molar-refractivity contribution in [3.05, 3.63) is 92.4 Å². The predicted molar refractivity (Wildman–Crippen MR) is 107 cm³/mol. The lowest BCUT2D eigenvalue weighted by Crippen LogP contribution is -2.27. The number of nitrogens with zero attached hydrogens (tertiary/aromatic N) is 2. The molecule has 0 N–H and O–H groups in total. The lowest BCUT2D eigenvalue weighted by Gasteiger charge is -2.15. The zero-order chi connectivity index (χ0) is 17.9. The molecular weight excluding hydrogens is 364 g/mol. The van der Waals surface area contributed by atoms with Crippen molar-refractivity contribution in [2.75, 3.05) is 0 Å². The summed E-state index contributed by atoms with van der Waals surface area (Å²) in [5.74, 6) is 0.786. The van der Waals surface area contributed by atoms with Crippen molar-refractivity contribution < 1.29 is 0 Å². The second kappa shape index (κ2) is 7.68. The molecule has 0 amide bonds. The number of hydrogen-bond acceptors (Lipinski definition) is 3. The van der Waals surface area contributed by atoms with Crippen LogP contribution in [-0.4, -0.2) is 9.55 Å².